The number of anilines is 1. The maximum Gasteiger partial charge on any atom is 0.151 e. The summed E-state index contributed by atoms with van der Waals surface area (Å²) >= 11 is 0. The molecule has 3 N–H and O–H groups in total. The number of aromatic nitrogens is 3. The maximum atomic E-state index is 9.03. The Morgan fingerprint density at radius 1 is 1.47 bits per heavy atom. The Labute approximate surface area is 112 Å². The number of aliphatic hydroxyl groups is 1. The lowest BCUT2D eigenvalue weighted by Crippen LogP contribution is -2.16. The zero-order valence-corrected chi connectivity index (χ0v) is 10.9. The average molecular weight is 262 g/mol. The van der Waals surface area contributed by atoms with E-state index in [1.54, 1.807) is 11.6 Å². The highest BCUT2D eigenvalue weighted by molar-refractivity contribution is 5.65. The lowest BCUT2D eigenvalue weighted by Gasteiger charge is -2.11. The number of rotatable bonds is 5. The van der Waals surface area contributed by atoms with E-state index < -0.39 is 0 Å². The van der Waals surface area contributed by atoms with Crippen LogP contribution in [0.2, 0.25) is 0 Å². The van der Waals surface area contributed by atoms with Crippen LogP contribution in [0.3, 0.4) is 0 Å². The molecule has 0 fully saturated rings. The monoisotopic (exact) mass is 262 g/mol. The third-order valence-corrected chi connectivity index (χ3v) is 2.82. The molecule has 0 saturated carbocycles. The molecule has 0 amide bonds. The summed E-state index contributed by atoms with van der Waals surface area (Å²) in [4.78, 5) is 3.93. The van der Waals surface area contributed by atoms with Crippen molar-refractivity contribution in [2.45, 2.75) is 18.9 Å². The molecule has 0 bridgehead atoms. The highest BCUT2D eigenvalue weighted by atomic mass is 16.5. The fourth-order valence-electron chi connectivity index (χ4n) is 1.79. The largest absolute Gasteiger partial charge is 0.394 e. The minimum atomic E-state index is -0.139. The van der Waals surface area contributed by atoms with E-state index in [4.69, 9.17) is 15.6 Å². The van der Waals surface area contributed by atoms with Crippen molar-refractivity contribution >= 4 is 11.3 Å². The van der Waals surface area contributed by atoms with Gasteiger partial charge in [-0.1, -0.05) is 0 Å². The maximum absolute atomic E-state index is 9.03. The van der Waals surface area contributed by atoms with Crippen LogP contribution in [0.15, 0.2) is 18.5 Å². The Kier molecular flexibility index (Phi) is 5.79. The van der Waals surface area contributed by atoms with E-state index in [2.05, 4.69) is 22.9 Å². The molecule has 19 heavy (non-hydrogen) atoms. The van der Waals surface area contributed by atoms with Crippen molar-refractivity contribution in [3.63, 3.8) is 0 Å². The van der Waals surface area contributed by atoms with Crippen LogP contribution in [0, 0.1) is 12.8 Å². The van der Waals surface area contributed by atoms with Gasteiger partial charge in [-0.05, 0) is 25.0 Å². The highest BCUT2D eigenvalue weighted by Crippen LogP contribution is 2.15. The van der Waals surface area contributed by atoms with Crippen LogP contribution in [0.5, 0.6) is 0 Å². The highest BCUT2D eigenvalue weighted by Gasteiger charge is 2.10. The van der Waals surface area contributed by atoms with Gasteiger partial charge in [0.2, 0.25) is 0 Å². The van der Waals surface area contributed by atoms with E-state index in [-0.39, 0.29) is 12.7 Å². The second-order valence-corrected chi connectivity index (χ2v) is 3.85. The summed E-state index contributed by atoms with van der Waals surface area (Å²) in [6, 6.07) is 3.86. The van der Waals surface area contributed by atoms with Crippen LogP contribution in [-0.2, 0) is 11.2 Å². The summed E-state index contributed by atoms with van der Waals surface area (Å²) < 4.78 is 6.89. The van der Waals surface area contributed by atoms with Gasteiger partial charge in [0.15, 0.2) is 5.82 Å². The van der Waals surface area contributed by atoms with Crippen LogP contribution in [0.1, 0.15) is 12.1 Å². The SMILES string of the molecule is C#C.COC(CO)CCc1ccc2c(N)ncnn12. The lowest BCUT2D eigenvalue weighted by molar-refractivity contribution is 0.0433. The Bertz CT molecular complexity index is 532. The molecule has 6 heteroatoms. The number of nitrogens with two attached hydrogens (primary N) is 1. The van der Waals surface area contributed by atoms with Gasteiger partial charge in [0.1, 0.15) is 11.8 Å². The molecular formula is C13H18N4O2. The van der Waals surface area contributed by atoms with E-state index in [0.29, 0.717) is 5.82 Å². The number of ether oxygens (including phenoxy) is 1. The van der Waals surface area contributed by atoms with Crippen LogP contribution in [0.25, 0.3) is 5.52 Å². The number of methoxy groups -OCH3 is 1. The Morgan fingerprint density at radius 2 is 2.21 bits per heavy atom. The Morgan fingerprint density at radius 3 is 2.84 bits per heavy atom. The van der Waals surface area contributed by atoms with Gasteiger partial charge in [-0.2, -0.15) is 5.10 Å². The average Bonchev–Trinajstić information content (AvgIpc) is 2.87. The first-order valence-electron chi connectivity index (χ1n) is 5.80. The zero-order chi connectivity index (χ0) is 14.3. The predicted molar refractivity (Wildman–Crippen MR) is 73.5 cm³/mol. The lowest BCUT2D eigenvalue weighted by atomic mass is 10.1. The van der Waals surface area contributed by atoms with Gasteiger partial charge in [-0.25, -0.2) is 9.50 Å². The third-order valence-electron chi connectivity index (χ3n) is 2.82. The summed E-state index contributed by atoms with van der Waals surface area (Å²) in [7, 11) is 1.59. The number of nitrogen functional groups attached to an aromatic ring is 1. The second-order valence-electron chi connectivity index (χ2n) is 3.85. The second kappa shape index (κ2) is 7.36. The molecule has 1 atom stereocenters. The molecule has 0 saturated heterocycles. The first kappa shape index (κ1) is 15.0. The molecule has 0 aliphatic rings. The van der Waals surface area contributed by atoms with Crippen LogP contribution in [0.4, 0.5) is 5.82 Å². The van der Waals surface area contributed by atoms with E-state index >= 15 is 0 Å². The normalized spacial score (nSPS) is 11.8. The number of aliphatic hydroxyl groups excluding tert-OH is 1. The molecule has 2 aromatic rings. The van der Waals surface area contributed by atoms with E-state index in [0.717, 1.165) is 24.1 Å². The van der Waals surface area contributed by atoms with Crippen LogP contribution in [-0.4, -0.2) is 39.5 Å². The van der Waals surface area contributed by atoms with Crippen molar-refractivity contribution < 1.29 is 9.84 Å². The molecule has 2 heterocycles. The fraction of sp³-hybridized carbons (Fsp3) is 0.385. The summed E-state index contributed by atoms with van der Waals surface area (Å²) in [6.45, 7) is 0.0247. The molecule has 6 nitrogen and oxygen atoms in total. The van der Waals surface area contributed by atoms with E-state index in [9.17, 15) is 0 Å². The van der Waals surface area contributed by atoms with Gasteiger partial charge in [0.05, 0.1) is 12.7 Å². The predicted octanol–water partition coefficient (Wildman–Crippen LogP) is 0.501. The summed E-state index contributed by atoms with van der Waals surface area (Å²) in [5.74, 6) is 0.469. The van der Waals surface area contributed by atoms with Crippen molar-refractivity contribution in [2.75, 3.05) is 19.5 Å². The standard InChI is InChI=1S/C11H16N4O2.C2H2/c1-17-9(6-16)4-2-8-3-5-10-11(12)13-7-14-15(8)10;1-2/h3,5,7,9,16H,2,4,6H2,1H3,(H2,12,13,14);1-2H. The topological polar surface area (TPSA) is 85.7 Å². The number of hydrogen-bond acceptors (Lipinski definition) is 5. The first-order valence-corrected chi connectivity index (χ1v) is 5.80. The van der Waals surface area contributed by atoms with Gasteiger partial charge in [-0.3, -0.25) is 0 Å². The smallest absolute Gasteiger partial charge is 0.151 e. The van der Waals surface area contributed by atoms with Crippen molar-refractivity contribution in [1.29, 1.82) is 0 Å². The van der Waals surface area contributed by atoms with E-state index in [1.807, 2.05) is 12.1 Å². The minimum Gasteiger partial charge on any atom is -0.394 e. The molecule has 0 spiro atoms. The summed E-state index contributed by atoms with van der Waals surface area (Å²) in [6.07, 6.45) is 10.8. The van der Waals surface area contributed by atoms with Crippen molar-refractivity contribution in [3.8, 4) is 12.8 Å². The van der Waals surface area contributed by atoms with Gasteiger partial charge >= 0.3 is 0 Å². The summed E-state index contributed by atoms with van der Waals surface area (Å²) in [5.41, 5.74) is 7.58. The molecule has 2 rings (SSSR count). The number of hydrogen-bond donors (Lipinski definition) is 2. The number of terminal acetylenes is 1. The van der Waals surface area contributed by atoms with Crippen LogP contribution < -0.4 is 5.73 Å². The molecule has 1 unspecified atom stereocenters. The molecule has 0 aromatic carbocycles. The number of nitrogens with zero attached hydrogens (tertiary/aromatic N) is 3. The molecule has 0 aliphatic heterocycles. The molecule has 0 radical (unpaired) electrons. The van der Waals surface area contributed by atoms with Crippen molar-refractivity contribution in [1.82, 2.24) is 14.6 Å². The van der Waals surface area contributed by atoms with Gasteiger partial charge in [-0.15, -0.1) is 12.8 Å². The molecule has 0 aliphatic carbocycles. The van der Waals surface area contributed by atoms with Gasteiger partial charge < -0.3 is 15.6 Å². The Hall–Kier alpha value is -2.10. The first-order chi connectivity index (χ1) is 9.26. The summed E-state index contributed by atoms with van der Waals surface area (Å²) in [5, 5.41) is 13.2. The van der Waals surface area contributed by atoms with Gasteiger partial charge in [0, 0.05) is 12.8 Å². The number of fused-ring (bicyclic) bond motifs is 1. The third kappa shape index (κ3) is 3.44. The molecular weight excluding hydrogens is 244 g/mol. The quantitative estimate of drug-likeness (QED) is 0.766. The van der Waals surface area contributed by atoms with Crippen molar-refractivity contribution in [2.24, 2.45) is 0 Å². The van der Waals surface area contributed by atoms with Gasteiger partial charge in [0.25, 0.3) is 0 Å². The van der Waals surface area contributed by atoms with E-state index in [1.165, 1.54) is 6.33 Å². The minimum absolute atomic E-state index is 0.0247. The molecule has 102 valence electrons. The van der Waals surface area contributed by atoms with Crippen molar-refractivity contribution in [3.05, 3.63) is 24.2 Å². The van der Waals surface area contributed by atoms with Crippen LogP contribution >= 0.6 is 0 Å². The Balaban J connectivity index is 0.000000861. The molecule has 2 aromatic heterocycles. The number of aryl methyl sites for hydroxylation is 1. The fourth-order valence-corrected chi connectivity index (χ4v) is 1.79. The zero-order valence-electron chi connectivity index (χ0n) is 10.9.